The van der Waals surface area contributed by atoms with Crippen LogP contribution in [0.15, 0.2) is 156 Å². The molecule has 0 saturated heterocycles. The molecule has 10 aromatic rings. The molecule has 0 aliphatic carbocycles. The second kappa shape index (κ2) is 9.71. The summed E-state index contributed by atoms with van der Waals surface area (Å²) < 4.78 is 11.3. The van der Waals surface area contributed by atoms with Crippen LogP contribution in [-0.4, -0.2) is 9.13 Å². The zero-order valence-corrected chi connectivity index (χ0v) is 25.2. The summed E-state index contributed by atoms with van der Waals surface area (Å²) >= 11 is 0. The topological polar surface area (TPSA) is 46.8 Å². The minimum atomic E-state index is 0.624. The Kier molecular flexibility index (Phi) is 5.32. The fourth-order valence-electron chi connectivity index (χ4n) is 7.59. The Balaban J connectivity index is 1.29. The third-order valence-electron chi connectivity index (χ3n) is 9.56. The van der Waals surface area contributed by atoms with E-state index < -0.39 is 0 Å². The first-order chi connectivity index (χ1) is 23.3. The van der Waals surface area contributed by atoms with Gasteiger partial charge >= 0.3 is 0 Å². The van der Waals surface area contributed by atoms with Crippen LogP contribution in [0.4, 0.5) is 0 Å². The molecule has 0 bridgehead atoms. The van der Waals surface area contributed by atoms with E-state index in [9.17, 15) is 5.26 Å². The normalized spacial score (nSPS) is 11.8. The maximum Gasteiger partial charge on any atom is 0.145 e. The second-order valence-electron chi connectivity index (χ2n) is 12.0. The summed E-state index contributed by atoms with van der Waals surface area (Å²) in [5.74, 6) is 0. The van der Waals surface area contributed by atoms with E-state index in [-0.39, 0.29) is 0 Å². The minimum absolute atomic E-state index is 0.624. The Bertz CT molecular complexity index is 2880. The van der Waals surface area contributed by atoms with Crippen LogP contribution in [0.2, 0.25) is 0 Å². The van der Waals surface area contributed by atoms with Crippen LogP contribution in [0.5, 0.6) is 0 Å². The average Bonchev–Trinajstić information content (AvgIpc) is 3.79. The summed E-state index contributed by atoms with van der Waals surface area (Å²) in [6.45, 7) is 0. The summed E-state index contributed by atoms with van der Waals surface area (Å²) in [4.78, 5) is 0. The van der Waals surface area contributed by atoms with Crippen LogP contribution in [0.25, 0.3) is 88.1 Å². The monoisotopic (exact) mass is 599 g/mol. The number of rotatable bonds is 3. The van der Waals surface area contributed by atoms with Crippen molar-refractivity contribution in [2.75, 3.05) is 0 Å². The number of furan rings is 1. The lowest BCUT2D eigenvalue weighted by Crippen LogP contribution is -2.01. The van der Waals surface area contributed by atoms with Crippen LogP contribution in [0, 0.1) is 11.3 Å². The van der Waals surface area contributed by atoms with Gasteiger partial charge in [-0.2, -0.15) is 5.26 Å². The molecule has 0 radical (unpaired) electrons. The van der Waals surface area contributed by atoms with Crippen molar-refractivity contribution in [3.8, 4) is 28.6 Å². The molecule has 0 unspecified atom stereocenters. The van der Waals surface area contributed by atoms with Crippen molar-refractivity contribution in [2.24, 2.45) is 0 Å². The molecule has 4 heteroatoms. The zero-order valence-electron chi connectivity index (χ0n) is 25.2. The predicted octanol–water partition coefficient (Wildman–Crippen LogP) is 11.3. The predicted molar refractivity (Wildman–Crippen MR) is 193 cm³/mol. The largest absolute Gasteiger partial charge is 0.455 e. The molecule has 0 spiro atoms. The quantitative estimate of drug-likeness (QED) is 0.203. The van der Waals surface area contributed by atoms with E-state index in [1.807, 2.05) is 18.2 Å². The van der Waals surface area contributed by atoms with Gasteiger partial charge in [-0.3, -0.25) is 0 Å². The number of hydrogen-bond donors (Lipinski definition) is 0. The molecule has 3 heterocycles. The molecule has 10 rings (SSSR count). The lowest BCUT2D eigenvalue weighted by Gasteiger charge is -2.18. The second-order valence-corrected chi connectivity index (χ2v) is 12.0. The molecule has 0 atom stereocenters. The molecule has 3 aromatic heterocycles. The molecule has 47 heavy (non-hydrogen) atoms. The van der Waals surface area contributed by atoms with Gasteiger partial charge in [0, 0.05) is 38.1 Å². The first-order valence-electron chi connectivity index (χ1n) is 15.8. The van der Waals surface area contributed by atoms with Crippen molar-refractivity contribution in [3.63, 3.8) is 0 Å². The highest BCUT2D eigenvalue weighted by atomic mass is 16.3. The van der Waals surface area contributed by atoms with Gasteiger partial charge in [0.25, 0.3) is 0 Å². The van der Waals surface area contributed by atoms with Gasteiger partial charge in [-0.15, -0.1) is 0 Å². The lowest BCUT2D eigenvalue weighted by atomic mass is 10.0. The highest BCUT2D eigenvalue weighted by Gasteiger charge is 2.22. The summed E-state index contributed by atoms with van der Waals surface area (Å²) in [6.07, 6.45) is 0. The first-order valence-corrected chi connectivity index (χ1v) is 15.8. The molecule has 0 aliphatic heterocycles. The van der Waals surface area contributed by atoms with Gasteiger partial charge in [-0.05, 0) is 60.7 Å². The third kappa shape index (κ3) is 3.57. The number of para-hydroxylation sites is 5. The van der Waals surface area contributed by atoms with Crippen molar-refractivity contribution < 1.29 is 4.42 Å². The van der Waals surface area contributed by atoms with Crippen LogP contribution in [0.1, 0.15) is 5.56 Å². The first kappa shape index (κ1) is 25.7. The molecule has 7 aromatic carbocycles. The highest BCUT2D eigenvalue weighted by molar-refractivity contribution is 6.24. The Labute approximate surface area is 269 Å². The zero-order chi connectivity index (χ0) is 31.1. The number of nitriles is 1. The van der Waals surface area contributed by atoms with Gasteiger partial charge in [0.1, 0.15) is 11.2 Å². The molecule has 0 saturated carbocycles. The molecule has 218 valence electrons. The van der Waals surface area contributed by atoms with E-state index in [4.69, 9.17) is 4.42 Å². The van der Waals surface area contributed by atoms with Gasteiger partial charge in [-0.1, -0.05) is 91.0 Å². The number of nitrogens with zero attached hydrogens (tertiary/aromatic N) is 3. The number of fused-ring (bicyclic) bond motifs is 10. The van der Waals surface area contributed by atoms with E-state index in [0.717, 1.165) is 66.2 Å². The smallest absolute Gasteiger partial charge is 0.145 e. The maximum atomic E-state index is 9.57. The molecule has 0 amide bonds. The van der Waals surface area contributed by atoms with E-state index in [0.29, 0.717) is 5.56 Å². The van der Waals surface area contributed by atoms with Gasteiger partial charge in [-0.25, -0.2) is 0 Å². The van der Waals surface area contributed by atoms with Crippen molar-refractivity contribution in [3.05, 3.63) is 157 Å². The van der Waals surface area contributed by atoms with Gasteiger partial charge in [0.15, 0.2) is 0 Å². The summed E-state index contributed by atoms with van der Waals surface area (Å²) in [5.41, 5.74) is 11.3. The van der Waals surface area contributed by atoms with Crippen molar-refractivity contribution in [2.45, 2.75) is 0 Å². The average molecular weight is 600 g/mol. The summed E-state index contributed by atoms with van der Waals surface area (Å²) in [6, 6.07) is 55.5. The molecular formula is C43H25N3O. The fraction of sp³-hybridized carbons (Fsp3) is 0. The van der Waals surface area contributed by atoms with Crippen molar-refractivity contribution in [1.29, 1.82) is 5.26 Å². The Morgan fingerprint density at radius 3 is 1.62 bits per heavy atom. The van der Waals surface area contributed by atoms with Gasteiger partial charge in [0.2, 0.25) is 0 Å². The molecule has 0 fully saturated rings. The van der Waals surface area contributed by atoms with Gasteiger partial charge < -0.3 is 13.6 Å². The van der Waals surface area contributed by atoms with Crippen LogP contribution in [-0.2, 0) is 0 Å². The maximum absolute atomic E-state index is 9.57. The molecule has 0 aliphatic rings. The fourth-order valence-corrected chi connectivity index (χ4v) is 7.59. The minimum Gasteiger partial charge on any atom is -0.455 e. The summed E-state index contributed by atoms with van der Waals surface area (Å²) in [7, 11) is 0. The van der Waals surface area contributed by atoms with E-state index in [1.54, 1.807) is 0 Å². The number of hydrogen-bond acceptors (Lipinski definition) is 2. The van der Waals surface area contributed by atoms with E-state index in [2.05, 4.69) is 149 Å². The summed E-state index contributed by atoms with van der Waals surface area (Å²) in [5, 5.41) is 16.2. The SMILES string of the molecule is N#Cc1ccc2oc3c(ccc4c3c3ccccc3n4-c3ccccc3-c3ccccc3-n3c4ccccc4c4ccccc43)c2c1. The Hall–Kier alpha value is -6.57. The van der Waals surface area contributed by atoms with Crippen LogP contribution in [0.3, 0.4) is 0 Å². The van der Waals surface area contributed by atoms with E-state index in [1.165, 1.54) is 21.8 Å². The standard InChI is InChI=1S/C43H25N3O/c44-26-27-21-24-41-34(25-27)32-22-23-40-42(43(32)47-41)33-15-5-10-20-39(33)46(40)38-19-9-4-14-31(38)30-13-3-8-18-37(30)45-35-16-6-1-11-28(35)29-12-2-7-17-36(29)45/h1-25H. The Morgan fingerprint density at radius 2 is 0.979 bits per heavy atom. The van der Waals surface area contributed by atoms with Gasteiger partial charge in [0.05, 0.1) is 50.5 Å². The molecule has 4 nitrogen and oxygen atoms in total. The highest BCUT2D eigenvalue weighted by Crippen LogP contribution is 2.43. The third-order valence-corrected chi connectivity index (χ3v) is 9.56. The van der Waals surface area contributed by atoms with Crippen molar-refractivity contribution in [1.82, 2.24) is 9.13 Å². The lowest BCUT2D eigenvalue weighted by molar-refractivity contribution is 0.673. The Morgan fingerprint density at radius 1 is 0.447 bits per heavy atom. The van der Waals surface area contributed by atoms with Crippen molar-refractivity contribution >= 4 is 65.6 Å². The molecule has 0 N–H and O–H groups in total. The number of benzene rings is 7. The molecular weight excluding hydrogens is 574 g/mol. The number of aromatic nitrogens is 2. The van der Waals surface area contributed by atoms with Crippen LogP contribution >= 0.6 is 0 Å². The van der Waals surface area contributed by atoms with Crippen LogP contribution < -0.4 is 0 Å². The van der Waals surface area contributed by atoms with E-state index >= 15 is 0 Å².